The molecule has 0 bridgehead atoms. The minimum Gasteiger partial charge on any atom is -0.508 e. The summed E-state index contributed by atoms with van der Waals surface area (Å²) in [6, 6.07) is 7.12. The Labute approximate surface area is 89.8 Å². The quantitative estimate of drug-likeness (QED) is 0.651. The molecule has 1 aromatic carbocycles. The first-order chi connectivity index (χ1) is 7.25. The predicted octanol–water partition coefficient (Wildman–Crippen LogP) is 2.11. The summed E-state index contributed by atoms with van der Waals surface area (Å²) in [6.45, 7) is 0. The predicted molar refractivity (Wildman–Crippen MR) is 60.0 cm³/mol. The van der Waals surface area contributed by atoms with Crippen molar-refractivity contribution in [2.75, 3.05) is 5.32 Å². The summed E-state index contributed by atoms with van der Waals surface area (Å²) in [6.07, 6.45) is 3.95. The highest BCUT2D eigenvalue weighted by Gasteiger charge is 2.22. The SMILES string of the molecule is Oc1ccc(N[C@H]2CCCC[C@@H]2O)cc1. The monoisotopic (exact) mass is 207 g/mol. The van der Waals surface area contributed by atoms with E-state index in [4.69, 9.17) is 5.11 Å². The molecule has 0 unspecified atom stereocenters. The Morgan fingerprint density at radius 1 is 1.07 bits per heavy atom. The molecule has 3 N–H and O–H groups in total. The highest BCUT2D eigenvalue weighted by atomic mass is 16.3. The van der Waals surface area contributed by atoms with E-state index in [-0.39, 0.29) is 17.9 Å². The Bertz CT molecular complexity index is 310. The maximum Gasteiger partial charge on any atom is 0.115 e. The van der Waals surface area contributed by atoms with Gasteiger partial charge in [-0.15, -0.1) is 0 Å². The Balaban J connectivity index is 1.98. The molecule has 15 heavy (non-hydrogen) atoms. The molecule has 0 radical (unpaired) electrons. The topological polar surface area (TPSA) is 52.5 Å². The molecule has 82 valence electrons. The van der Waals surface area contributed by atoms with Crippen LogP contribution in [0.4, 0.5) is 5.69 Å². The van der Waals surface area contributed by atoms with E-state index in [0.29, 0.717) is 0 Å². The fourth-order valence-corrected chi connectivity index (χ4v) is 2.05. The molecule has 3 heteroatoms. The lowest BCUT2D eigenvalue weighted by Crippen LogP contribution is -2.36. The highest BCUT2D eigenvalue weighted by molar-refractivity contribution is 5.47. The fraction of sp³-hybridized carbons (Fsp3) is 0.500. The van der Waals surface area contributed by atoms with E-state index in [1.807, 2.05) is 12.1 Å². The number of aliphatic hydroxyl groups excluding tert-OH is 1. The number of rotatable bonds is 2. The second-order valence-electron chi connectivity index (χ2n) is 4.15. The second kappa shape index (κ2) is 4.53. The van der Waals surface area contributed by atoms with Gasteiger partial charge in [0.15, 0.2) is 0 Å². The smallest absolute Gasteiger partial charge is 0.115 e. The minimum absolute atomic E-state index is 0.156. The highest BCUT2D eigenvalue weighted by Crippen LogP contribution is 2.23. The molecule has 1 aliphatic carbocycles. The standard InChI is InChI=1S/C12H17NO2/c14-10-7-5-9(6-8-10)13-11-3-1-2-4-12(11)15/h5-8,11-15H,1-4H2/t11-,12-/m0/s1. The molecule has 0 heterocycles. The third kappa shape index (κ3) is 2.63. The van der Waals surface area contributed by atoms with Crippen LogP contribution in [0.1, 0.15) is 25.7 Å². The molecule has 1 saturated carbocycles. The van der Waals surface area contributed by atoms with Crippen LogP contribution in [0.5, 0.6) is 5.75 Å². The summed E-state index contributed by atoms with van der Waals surface area (Å²) in [5, 5.41) is 22.2. The van der Waals surface area contributed by atoms with Crippen LogP contribution >= 0.6 is 0 Å². The zero-order valence-electron chi connectivity index (χ0n) is 8.69. The molecule has 2 rings (SSSR count). The third-order valence-corrected chi connectivity index (χ3v) is 2.95. The van der Waals surface area contributed by atoms with Gasteiger partial charge in [0, 0.05) is 5.69 Å². The number of anilines is 1. The first-order valence-corrected chi connectivity index (χ1v) is 5.49. The maximum atomic E-state index is 9.77. The fourth-order valence-electron chi connectivity index (χ4n) is 2.05. The van der Waals surface area contributed by atoms with Crippen molar-refractivity contribution in [1.82, 2.24) is 0 Å². The average molecular weight is 207 g/mol. The Morgan fingerprint density at radius 3 is 2.40 bits per heavy atom. The van der Waals surface area contributed by atoms with E-state index in [0.717, 1.165) is 24.9 Å². The van der Waals surface area contributed by atoms with Crippen molar-refractivity contribution < 1.29 is 10.2 Å². The molecule has 3 nitrogen and oxygen atoms in total. The van der Waals surface area contributed by atoms with Crippen molar-refractivity contribution in [1.29, 1.82) is 0 Å². The lowest BCUT2D eigenvalue weighted by molar-refractivity contribution is 0.116. The van der Waals surface area contributed by atoms with Crippen LogP contribution in [-0.2, 0) is 0 Å². The van der Waals surface area contributed by atoms with Gasteiger partial charge in [0.1, 0.15) is 5.75 Å². The number of nitrogens with one attached hydrogen (secondary N) is 1. The van der Waals surface area contributed by atoms with E-state index in [9.17, 15) is 5.11 Å². The van der Waals surface area contributed by atoms with Gasteiger partial charge in [0.05, 0.1) is 12.1 Å². The number of hydrogen-bond donors (Lipinski definition) is 3. The number of aromatic hydroxyl groups is 1. The molecule has 0 aliphatic heterocycles. The summed E-state index contributed by atoms with van der Waals surface area (Å²) < 4.78 is 0. The first kappa shape index (κ1) is 10.3. The van der Waals surface area contributed by atoms with Crippen LogP contribution < -0.4 is 5.32 Å². The largest absolute Gasteiger partial charge is 0.508 e. The Kier molecular flexibility index (Phi) is 3.11. The van der Waals surface area contributed by atoms with Gasteiger partial charge < -0.3 is 15.5 Å². The van der Waals surface area contributed by atoms with Gasteiger partial charge in [-0.25, -0.2) is 0 Å². The molecule has 1 fully saturated rings. The van der Waals surface area contributed by atoms with Crippen molar-refractivity contribution in [3.05, 3.63) is 24.3 Å². The number of phenols is 1. The summed E-state index contributed by atoms with van der Waals surface area (Å²) in [5.74, 6) is 0.268. The van der Waals surface area contributed by atoms with Crippen LogP contribution in [0.3, 0.4) is 0 Å². The summed E-state index contributed by atoms with van der Waals surface area (Å²) >= 11 is 0. The van der Waals surface area contributed by atoms with Gasteiger partial charge >= 0.3 is 0 Å². The van der Waals surface area contributed by atoms with Crippen LogP contribution in [0.15, 0.2) is 24.3 Å². The van der Waals surface area contributed by atoms with Crippen molar-refractivity contribution in [2.24, 2.45) is 0 Å². The van der Waals surface area contributed by atoms with E-state index in [2.05, 4.69) is 5.32 Å². The summed E-state index contributed by atoms with van der Waals surface area (Å²) in [7, 11) is 0. The Hall–Kier alpha value is -1.22. The normalized spacial score (nSPS) is 26.2. The van der Waals surface area contributed by atoms with Gasteiger partial charge in [-0.3, -0.25) is 0 Å². The number of benzene rings is 1. The van der Waals surface area contributed by atoms with E-state index < -0.39 is 0 Å². The van der Waals surface area contributed by atoms with Crippen LogP contribution in [0, 0.1) is 0 Å². The Morgan fingerprint density at radius 2 is 1.73 bits per heavy atom. The van der Waals surface area contributed by atoms with Crippen LogP contribution in [-0.4, -0.2) is 22.4 Å². The van der Waals surface area contributed by atoms with Gasteiger partial charge in [0.2, 0.25) is 0 Å². The molecule has 0 saturated heterocycles. The summed E-state index contributed by atoms with van der Waals surface area (Å²) in [5.41, 5.74) is 0.957. The average Bonchev–Trinajstić information content (AvgIpc) is 2.25. The van der Waals surface area contributed by atoms with Gasteiger partial charge in [-0.1, -0.05) is 12.8 Å². The molecule has 0 aromatic heterocycles. The molecule has 1 aliphatic rings. The van der Waals surface area contributed by atoms with Gasteiger partial charge in [0.25, 0.3) is 0 Å². The lowest BCUT2D eigenvalue weighted by Gasteiger charge is -2.29. The van der Waals surface area contributed by atoms with Crippen LogP contribution in [0.25, 0.3) is 0 Å². The van der Waals surface area contributed by atoms with Crippen LogP contribution in [0.2, 0.25) is 0 Å². The molecule has 0 spiro atoms. The number of aliphatic hydroxyl groups is 1. The molecule has 0 amide bonds. The summed E-state index contributed by atoms with van der Waals surface area (Å²) in [4.78, 5) is 0. The minimum atomic E-state index is -0.243. The van der Waals surface area contributed by atoms with Crippen molar-refractivity contribution in [2.45, 2.75) is 37.8 Å². The molecule has 2 atom stereocenters. The van der Waals surface area contributed by atoms with Crippen molar-refractivity contribution in [3.8, 4) is 5.75 Å². The van der Waals surface area contributed by atoms with Crippen molar-refractivity contribution >= 4 is 5.69 Å². The molecule has 1 aromatic rings. The molecular formula is C12H17NO2. The third-order valence-electron chi connectivity index (χ3n) is 2.95. The van der Waals surface area contributed by atoms with Gasteiger partial charge in [-0.2, -0.15) is 0 Å². The van der Waals surface area contributed by atoms with Crippen molar-refractivity contribution in [3.63, 3.8) is 0 Å². The second-order valence-corrected chi connectivity index (χ2v) is 4.15. The molecular weight excluding hydrogens is 190 g/mol. The maximum absolute atomic E-state index is 9.77. The zero-order valence-corrected chi connectivity index (χ0v) is 8.69. The number of phenolic OH excluding ortho intramolecular Hbond substituents is 1. The van der Waals surface area contributed by atoms with Gasteiger partial charge in [-0.05, 0) is 37.1 Å². The van der Waals surface area contributed by atoms with E-state index in [1.165, 1.54) is 6.42 Å². The zero-order chi connectivity index (χ0) is 10.7. The van der Waals surface area contributed by atoms with E-state index in [1.54, 1.807) is 12.1 Å². The number of hydrogen-bond acceptors (Lipinski definition) is 3. The van der Waals surface area contributed by atoms with E-state index >= 15 is 0 Å². The lowest BCUT2D eigenvalue weighted by atomic mass is 9.92. The first-order valence-electron chi connectivity index (χ1n) is 5.49.